The van der Waals surface area contributed by atoms with E-state index in [1.165, 1.54) is 0 Å². The van der Waals surface area contributed by atoms with Crippen LogP contribution in [0, 0.1) is 18.8 Å². The first kappa shape index (κ1) is 7.68. The second-order valence-electron chi connectivity index (χ2n) is 2.07. The smallest absolute Gasteiger partial charge is 0.0765 e. The first-order valence-electron chi connectivity index (χ1n) is 3.47. The third-order valence-corrected chi connectivity index (χ3v) is 1.28. The molecule has 0 amide bonds. The van der Waals surface area contributed by atoms with Crippen molar-refractivity contribution in [1.29, 1.82) is 0 Å². The van der Waals surface area contributed by atoms with Crippen molar-refractivity contribution in [3.8, 4) is 11.8 Å². The van der Waals surface area contributed by atoms with E-state index in [0.717, 1.165) is 5.69 Å². The van der Waals surface area contributed by atoms with Crippen LogP contribution < -0.4 is 5.32 Å². The highest BCUT2D eigenvalue weighted by Crippen LogP contribution is 2.02. The minimum absolute atomic E-state index is 0.660. The number of anilines is 1. The van der Waals surface area contributed by atoms with E-state index >= 15 is 0 Å². The molecule has 0 spiro atoms. The number of nitrogens with one attached hydrogen (secondary N) is 1. The van der Waals surface area contributed by atoms with Crippen molar-refractivity contribution in [3.05, 3.63) is 37.3 Å². The molecule has 1 nitrogen and oxygen atoms in total. The Kier molecular flexibility index (Phi) is 3.08. The zero-order valence-corrected chi connectivity index (χ0v) is 6.30. The summed E-state index contributed by atoms with van der Waals surface area (Å²) in [7, 11) is 0. The van der Waals surface area contributed by atoms with Crippen molar-refractivity contribution in [2.45, 2.75) is 0 Å². The van der Waals surface area contributed by atoms with Gasteiger partial charge in [0.25, 0.3) is 0 Å². The summed E-state index contributed by atoms with van der Waals surface area (Å²) in [4.78, 5) is 0. The first-order valence-corrected chi connectivity index (χ1v) is 3.47. The molecule has 0 aliphatic carbocycles. The minimum atomic E-state index is 0.660. The number of para-hydroxylation sites is 1. The molecule has 1 N–H and O–H groups in total. The molecule has 0 unspecified atom stereocenters. The lowest BCUT2D eigenvalue weighted by atomic mass is 10.3. The van der Waals surface area contributed by atoms with Gasteiger partial charge in [-0.1, -0.05) is 24.1 Å². The van der Waals surface area contributed by atoms with Crippen LogP contribution in [0.1, 0.15) is 0 Å². The second kappa shape index (κ2) is 4.40. The van der Waals surface area contributed by atoms with Crippen molar-refractivity contribution in [2.75, 3.05) is 11.9 Å². The van der Waals surface area contributed by atoms with E-state index in [1.807, 2.05) is 30.3 Å². The lowest BCUT2D eigenvalue weighted by Crippen LogP contribution is -1.97. The largest absolute Gasteiger partial charge is 0.374 e. The van der Waals surface area contributed by atoms with Gasteiger partial charge in [-0.05, 0) is 12.1 Å². The molecule has 0 atom stereocenters. The lowest BCUT2D eigenvalue weighted by molar-refractivity contribution is 1.38. The maximum absolute atomic E-state index is 3.42. The van der Waals surface area contributed by atoms with E-state index in [0.29, 0.717) is 6.54 Å². The lowest BCUT2D eigenvalue weighted by Gasteiger charge is -1.99. The summed E-state index contributed by atoms with van der Waals surface area (Å²) in [5, 5.41) is 3.13. The topological polar surface area (TPSA) is 12.0 Å². The van der Waals surface area contributed by atoms with Crippen LogP contribution >= 0.6 is 0 Å². The molecule has 1 heteroatoms. The Hall–Kier alpha value is -1.42. The number of hydrogen-bond donors (Lipinski definition) is 1. The molecule has 0 aliphatic rings. The summed E-state index contributed by atoms with van der Waals surface area (Å²) in [5.41, 5.74) is 1.09. The summed E-state index contributed by atoms with van der Waals surface area (Å²) in [6, 6.07) is 9.97. The molecule has 0 heterocycles. The monoisotopic (exact) mass is 144 g/mol. The maximum atomic E-state index is 3.42. The highest BCUT2D eigenvalue weighted by molar-refractivity contribution is 5.43. The van der Waals surface area contributed by atoms with Gasteiger partial charge >= 0.3 is 0 Å². The fraction of sp³-hybridized carbons (Fsp3) is 0.100. The molecular formula is C10H10N. The van der Waals surface area contributed by atoms with Crippen molar-refractivity contribution < 1.29 is 0 Å². The number of benzene rings is 1. The van der Waals surface area contributed by atoms with Gasteiger partial charge in [-0.25, -0.2) is 0 Å². The Morgan fingerprint density at radius 2 is 2.00 bits per heavy atom. The fourth-order valence-corrected chi connectivity index (χ4v) is 0.765. The summed E-state index contributed by atoms with van der Waals surface area (Å²) < 4.78 is 0. The van der Waals surface area contributed by atoms with Gasteiger partial charge in [-0.15, -0.1) is 5.92 Å². The Labute approximate surface area is 67.4 Å². The normalized spacial score (nSPS) is 8.09. The molecule has 0 aliphatic heterocycles. The van der Waals surface area contributed by atoms with Crippen LogP contribution in [-0.2, 0) is 0 Å². The number of rotatable bonds is 2. The van der Waals surface area contributed by atoms with E-state index in [9.17, 15) is 0 Å². The second-order valence-corrected chi connectivity index (χ2v) is 2.07. The van der Waals surface area contributed by atoms with Gasteiger partial charge in [0.2, 0.25) is 0 Å². The zero-order valence-electron chi connectivity index (χ0n) is 6.30. The van der Waals surface area contributed by atoms with Gasteiger partial charge in [0, 0.05) is 12.6 Å². The SMILES string of the molecule is [CH2]C#CCNc1ccccc1. The van der Waals surface area contributed by atoms with Gasteiger partial charge in [0.05, 0.1) is 6.54 Å². The molecule has 0 bridgehead atoms. The molecule has 0 saturated heterocycles. The predicted octanol–water partition coefficient (Wildman–Crippen LogP) is 1.94. The van der Waals surface area contributed by atoms with Gasteiger partial charge < -0.3 is 5.32 Å². The third kappa shape index (κ3) is 2.77. The molecule has 0 saturated carbocycles. The molecule has 1 radical (unpaired) electrons. The van der Waals surface area contributed by atoms with E-state index in [4.69, 9.17) is 0 Å². The van der Waals surface area contributed by atoms with Crippen LogP contribution in [-0.4, -0.2) is 6.54 Å². The molecule has 0 fully saturated rings. The van der Waals surface area contributed by atoms with E-state index in [2.05, 4.69) is 24.1 Å². The van der Waals surface area contributed by atoms with Crippen LogP contribution in [0.5, 0.6) is 0 Å². The van der Waals surface area contributed by atoms with Gasteiger partial charge in [-0.3, -0.25) is 0 Å². The van der Waals surface area contributed by atoms with Crippen LogP contribution in [0.4, 0.5) is 5.69 Å². The summed E-state index contributed by atoms with van der Waals surface area (Å²) >= 11 is 0. The summed E-state index contributed by atoms with van der Waals surface area (Å²) in [6.07, 6.45) is 0. The zero-order chi connectivity index (χ0) is 7.94. The molecular weight excluding hydrogens is 134 g/mol. The minimum Gasteiger partial charge on any atom is -0.374 e. The quantitative estimate of drug-likeness (QED) is 0.625. The van der Waals surface area contributed by atoms with Crippen LogP contribution in [0.15, 0.2) is 30.3 Å². The highest BCUT2D eigenvalue weighted by Gasteiger charge is 1.83. The molecule has 0 aromatic heterocycles. The van der Waals surface area contributed by atoms with Crippen molar-refractivity contribution in [2.24, 2.45) is 0 Å². The molecule has 1 aromatic carbocycles. The summed E-state index contributed by atoms with van der Waals surface area (Å²) in [6.45, 7) is 4.08. The molecule has 55 valence electrons. The van der Waals surface area contributed by atoms with Crippen LogP contribution in [0.25, 0.3) is 0 Å². The van der Waals surface area contributed by atoms with E-state index in [-0.39, 0.29) is 0 Å². The highest BCUT2D eigenvalue weighted by atomic mass is 14.8. The Bertz CT molecular complexity index is 253. The summed E-state index contributed by atoms with van der Waals surface area (Å²) in [5.74, 6) is 5.40. The van der Waals surface area contributed by atoms with Crippen molar-refractivity contribution in [1.82, 2.24) is 0 Å². The van der Waals surface area contributed by atoms with Crippen molar-refractivity contribution in [3.63, 3.8) is 0 Å². The Balaban J connectivity index is 2.43. The molecule has 1 rings (SSSR count). The van der Waals surface area contributed by atoms with Crippen LogP contribution in [0.2, 0.25) is 0 Å². The Morgan fingerprint density at radius 3 is 2.64 bits per heavy atom. The van der Waals surface area contributed by atoms with Gasteiger partial charge in [0.15, 0.2) is 0 Å². The average molecular weight is 144 g/mol. The first-order chi connectivity index (χ1) is 5.43. The fourth-order valence-electron chi connectivity index (χ4n) is 0.765. The standard InChI is InChI=1S/C10H10N/c1-2-3-9-11-10-7-5-4-6-8-10/h4-8,11H,1,9H2. The maximum Gasteiger partial charge on any atom is 0.0765 e. The predicted molar refractivity (Wildman–Crippen MR) is 48.1 cm³/mol. The number of hydrogen-bond acceptors (Lipinski definition) is 1. The van der Waals surface area contributed by atoms with Gasteiger partial charge in [-0.2, -0.15) is 0 Å². The molecule has 1 aromatic rings. The Morgan fingerprint density at radius 1 is 1.27 bits per heavy atom. The molecule has 11 heavy (non-hydrogen) atoms. The van der Waals surface area contributed by atoms with E-state index < -0.39 is 0 Å². The van der Waals surface area contributed by atoms with Crippen LogP contribution in [0.3, 0.4) is 0 Å². The average Bonchev–Trinajstić information content (AvgIpc) is 2.07. The van der Waals surface area contributed by atoms with Crippen molar-refractivity contribution >= 4 is 5.69 Å². The van der Waals surface area contributed by atoms with Gasteiger partial charge in [0.1, 0.15) is 0 Å². The third-order valence-electron chi connectivity index (χ3n) is 1.28. The van der Waals surface area contributed by atoms with E-state index in [1.54, 1.807) is 0 Å².